The fourth-order valence-electron chi connectivity index (χ4n) is 5.76. The Morgan fingerprint density at radius 1 is 1.00 bits per heavy atom. The van der Waals surface area contributed by atoms with Crippen molar-refractivity contribution in [1.82, 2.24) is 9.80 Å². The number of sulfonamides is 1. The molecule has 1 spiro atoms. The van der Waals surface area contributed by atoms with Gasteiger partial charge in [-0.25, -0.2) is 13.2 Å². The van der Waals surface area contributed by atoms with Gasteiger partial charge in [0.25, 0.3) is 6.10 Å². The van der Waals surface area contributed by atoms with Crippen LogP contribution in [0.4, 0.5) is 36.8 Å². The van der Waals surface area contributed by atoms with Crippen molar-refractivity contribution in [3.05, 3.63) is 29.3 Å². The van der Waals surface area contributed by atoms with Gasteiger partial charge in [0.15, 0.2) is 0 Å². The third kappa shape index (κ3) is 5.79. The summed E-state index contributed by atoms with van der Waals surface area (Å²) in [5, 5.41) is 0. The van der Waals surface area contributed by atoms with Crippen LogP contribution in [0.15, 0.2) is 18.2 Å². The maximum Gasteiger partial charge on any atom is 0.434 e. The quantitative estimate of drug-likeness (QED) is 0.512. The van der Waals surface area contributed by atoms with Gasteiger partial charge in [0.1, 0.15) is 0 Å². The monoisotopic (exact) mass is 557 g/mol. The van der Waals surface area contributed by atoms with Crippen molar-refractivity contribution in [2.75, 3.05) is 36.7 Å². The standard InChI is InChI=1S/C23H29F6N3O4S/c1-37(34,35)32-12-3-7-16-5-2-6-17(18(16)32)15-31-11-4-8-21(31)9-13-30(14-10-21)20(33)36-19(22(24,25)26)23(27,28)29/h2,5-6,19H,3-4,7-15H2,1H3. The first-order chi connectivity index (χ1) is 17.1. The van der Waals surface area contributed by atoms with Crippen LogP contribution >= 0.6 is 0 Å². The second-order valence-corrected chi connectivity index (χ2v) is 11.9. The molecule has 0 atom stereocenters. The van der Waals surface area contributed by atoms with E-state index in [1.165, 1.54) is 10.6 Å². The van der Waals surface area contributed by atoms with Crippen LogP contribution in [0.5, 0.6) is 0 Å². The molecule has 0 unspecified atom stereocenters. The fraction of sp³-hybridized carbons (Fsp3) is 0.696. The topological polar surface area (TPSA) is 70.2 Å². The molecule has 14 heteroatoms. The Morgan fingerprint density at radius 2 is 1.65 bits per heavy atom. The minimum Gasteiger partial charge on any atom is -0.426 e. The van der Waals surface area contributed by atoms with E-state index in [-0.39, 0.29) is 13.1 Å². The number of para-hydroxylation sites is 1. The van der Waals surface area contributed by atoms with E-state index in [0.29, 0.717) is 44.6 Å². The van der Waals surface area contributed by atoms with Crippen molar-refractivity contribution in [1.29, 1.82) is 0 Å². The molecule has 1 aromatic rings. The number of hydrogen-bond acceptors (Lipinski definition) is 5. The van der Waals surface area contributed by atoms with Crippen LogP contribution in [-0.2, 0) is 27.7 Å². The molecular formula is C23H29F6N3O4S. The molecule has 1 aromatic carbocycles. The predicted octanol–water partition coefficient (Wildman–Crippen LogP) is 4.46. The van der Waals surface area contributed by atoms with Gasteiger partial charge < -0.3 is 9.64 Å². The molecule has 7 nitrogen and oxygen atoms in total. The number of benzene rings is 1. The third-order valence-corrected chi connectivity index (χ3v) is 8.69. The van der Waals surface area contributed by atoms with Crippen molar-refractivity contribution < 1.29 is 44.3 Å². The molecule has 0 aliphatic carbocycles. The molecule has 37 heavy (non-hydrogen) atoms. The zero-order valence-electron chi connectivity index (χ0n) is 20.2. The van der Waals surface area contributed by atoms with Gasteiger partial charge in [-0.05, 0) is 56.2 Å². The van der Waals surface area contributed by atoms with Gasteiger partial charge in [0.2, 0.25) is 10.0 Å². The van der Waals surface area contributed by atoms with Crippen molar-refractivity contribution in [2.24, 2.45) is 0 Å². The summed E-state index contributed by atoms with van der Waals surface area (Å²) >= 11 is 0. The van der Waals surface area contributed by atoms with Crippen LogP contribution in [0.25, 0.3) is 0 Å². The highest BCUT2D eigenvalue weighted by Gasteiger charge is 2.60. The van der Waals surface area contributed by atoms with E-state index in [1.54, 1.807) is 0 Å². The second kappa shape index (κ2) is 9.83. The zero-order chi connectivity index (χ0) is 27.2. The van der Waals surface area contributed by atoms with Crippen molar-refractivity contribution in [3.63, 3.8) is 0 Å². The Hall–Kier alpha value is -2.22. The second-order valence-electron chi connectivity index (χ2n) is 9.95. The van der Waals surface area contributed by atoms with E-state index in [1.807, 2.05) is 18.2 Å². The summed E-state index contributed by atoms with van der Waals surface area (Å²) < 4.78 is 107. The number of alkyl halides is 6. The third-order valence-electron chi connectivity index (χ3n) is 7.53. The van der Waals surface area contributed by atoms with E-state index in [0.717, 1.165) is 35.3 Å². The van der Waals surface area contributed by atoms with E-state index in [4.69, 9.17) is 0 Å². The molecule has 3 heterocycles. The number of aryl methyl sites for hydroxylation is 1. The molecule has 0 saturated carbocycles. The summed E-state index contributed by atoms with van der Waals surface area (Å²) in [6, 6.07) is 5.68. The number of carbonyl (C=O) groups is 1. The number of likely N-dealkylation sites (tertiary alicyclic amines) is 2. The first-order valence-electron chi connectivity index (χ1n) is 12.0. The number of hydrogen-bond donors (Lipinski definition) is 0. The number of fused-ring (bicyclic) bond motifs is 1. The molecule has 3 aliphatic heterocycles. The zero-order valence-corrected chi connectivity index (χ0v) is 21.1. The highest BCUT2D eigenvalue weighted by atomic mass is 32.2. The van der Waals surface area contributed by atoms with Crippen LogP contribution in [0, 0.1) is 0 Å². The lowest BCUT2D eigenvalue weighted by Crippen LogP contribution is -2.54. The number of piperidine rings is 1. The van der Waals surface area contributed by atoms with E-state index >= 15 is 0 Å². The summed E-state index contributed by atoms with van der Waals surface area (Å²) in [6.45, 7) is 1.46. The van der Waals surface area contributed by atoms with Crippen molar-refractivity contribution >= 4 is 21.8 Å². The number of ether oxygens (including phenoxy) is 1. The van der Waals surface area contributed by atoms with E-state index in [9.17, 15) is 39.6 Å². The lowest BCUT2D eigenvalue weighted by atomic mass is 9.84. The Morgan fingerprint density at radius 3 is 2.24 bits per heavy atom. The summed E-state index contributed by atoms with van der Waals surface area (Å²) in [5.74, 6) is 0. The van der Waals surface area contributed by atoms with Gasteiger partial charge in [-0.2, -0.15) is 26.3 Å². The average molecular weight is 558 g/mol. The van der Waals surface area contributed by atoms with Crippen LogP contribution in [0.3, 0.4) is 0 Å². The number of anilines is 1. The minimum absolute atomic E-state index is 0.0415. The molecule has 0 bridgehead atoms. The molecular weight excluding hydrogens is 528 g/mol. The Bertz CT molecular complexity index is 1100. The van der Waals surface area contributed by atoms with Crippen LogP contribution < -0.4 is 4.31 Å². The van der Waals surface area contributed by atoms with Gasteiger partial charge in [-0.1, -0.05) is 18.2 Å². The number of nitrogens with zero attached hydrogens (tertiary/aromatic N) is 3. The van der Waals surface area contributed by atoms with E-state index in [2.05, 4.69) is 9.64 Å². The molecule has 3 aliphatic rings. The summed E-state index contributed by atoms with van der Waals surface area (Å²) in [5.41, 5.74) is 2.09. The molecule has 0 radical (unpaired) electrons. The van der Waals surface area contributed by atoms with E-state index < -0.39 is 40.1 Å². The first-order valence-corrected chi connectivity index (χ1v) is 13.9. The maximum absolute atomic E-state index is 12.8. The van der Waals surface area contributed by atoms with Crippen LogP contribution in [-0.4, -0.2) is 80.7 Å². The largest absolute Gasteiger partial charge is 0.434 e. The Labute approximate surface area is 211 Å². The fourth-order valence-corrected chi connectivity index (χ4v) is 6.79. The predicted molar refractivity (Wildman–Crippen MR) is 123 cm³/mol. The maximum atomic E-state index is 12.8. The number of halogens is 6. The van der Waals surface area contributed by atoms with Gasteiger partial charge in [0, 0.05) is 31.7 Å². The van der Waals surface area contributed by atoms with Crippen molar-refractivity contribution in [2.45, 2.75) is 69.1 Å². The number of amides is 1. The Kier molecular flexibility index (Phi) is 7.38. The SMILES string of the molecule is CS(=O)(=O)N1CCCc2cccc(CN3CCCC34CCN(C(=O)OC(C(F)(F)F)C(F)(F)F)CC4)c21. The Balaban J connectivity index is 1.47. The van der Waals surface area contributed by atoms with Gasteiger partial charge >= 0.3 is 18.4 Å². The summed E-state index contributed by atoms with van der Waals surface area (Å²) in [7, 11) is -3.48. The molecule has 4 rings (SSSR count). The number of carbonyl (C=O) groups excluding carboxylic acids is 1. The van der Waals surface area contributed by atoms with Crippen LogP contribution in [0.2, 0.25) is 0 Å². The van der Waals surface area contributed by atoms with Crippen molar-refractivity contribution in [3.8, 4) is 0 Å². The minimum atomic E-state index is -5.76. The summed E-state index contributed by atoms with van der Waals surface area (Å²) in [6.07, 6.45) is -12.4. The summed E-state index contributed by atoms with van der Waals surface area (Å²) in [4.78, 5) is 15.3. The highest BCUT2D eigenvalue weighted by molar-refractivity contribution is 7.92. The number of rotatable bonds is 4. The normalized spacial score (nSPS) is 21.0. The molecule has 2 fully saturated rings. The molecule has 2 saturated heterocycles. The lowest BCUT2D eigenvalue weighted by molar-refractivity contribution is -0.308. The smallest absolute Gasteiger partial charge is 0.426 e. The van der Waals surface area contributed by atoms with Gasteiger partial charge in [0.05, 0.1) is 11.9 Å². The van der Waals surface area contributed by atoms with Gasteiger partial charge in [-0.15, -0.1) is 0 Å². The first kappa shape index (κ1) is 27.8. The van der Waals surface area contributed by atoms with Crippen LogP contribution in [0.1, 0.15) is 43.2 Å². The molecule has 0 aromatic heterocycles. The average Bonchev–Trinajstić information content (AvgIpc) is 3.16. The molecule has 1 amide bonds. The highest BCUT2D eigenvalue weighted by Crippen LogP contribution is 2.42. The molecule has 208 valence electrons. The molecule has 0 N–H and O–H groups in total. The lowest BCUT2D eigenvalue weighted by Gasteiger charge is -2.45. The van der Waals surface area contributed by atoms with Gasteiger partial charge in [-0.3, -0.25) is 9.21 Å².